The molecule has 0 bridgehead atoms. The zero-order valence-electron chi connectivity index (χ0n) is 13.3. The molecular formula is C18H17N5O. The van der Waals surface area contributed by atoms with E-state index in [0.29, 0.717) is 0 Å². The zero-order chi connectivity index (χ0) is 16.4. The minimum absolute atomic E-state index is 0.766. The fraction of sp³-hybridized carbons (Fsp3) is 0.167. The van der Waals surface area contributed by atoms with Crippen molar-refractivity contribution in [3.63, 3.8) is 0 Å². The molecule has 120 valence electrons. The van der Waals surface area contributed by atoms with Gasteiger partial charge in [-0.05, 0) is 41.1 Å². The van der Waals surface area contributed by atoms with Crippen LogP contribution in [0.5, 0.6) is 0 Å². The summed E-state index contributed by atoms with van der Waals surface area (Å²) in [5, 5.41) is 12.3. The first-order valence-electron chi connectivity index (χ1n) is 7.77. The Morgan fingerprint density at radius 1 is 1.00 bits per heavy atom. The third-order valence-corrected chi connectivity index (χ3v) is 3.92. The second kappa shape index (κ2) is 6.25. The predicted octanol–water partition coefficient (Wildman–Crippen LogP) is 3.04. The Kier molecular flexibility index (Phi) is 3.80. The Hall–Kier alpha value is -2.99. The number of benzene rings is 2. The van der Waals surface area contributed by atoms with Gasteiger partial charge in [-0.1, -0.05) is 30.3 Å². The lowest BCUT2D eigenvalue weighted by Crippen LogP contribution is -2.17. The van der Waals surface area contributed by atoms with Crippen molar-refractivity contribution in [1.82, 2.24) is 25.0 Å². The number of rotatable bonds is 5. The van der Waals surface area contributed by atoms with Crippen LogP contribution in [0.1, 0.15) is 11.1 Å². The molecule has 2 aromatic heterocycles. The highest BCUT2D eigenvalue weighted by atomic mass is 16.6. The van der Waals surface area contributed by atoms with Crippen molar-refractivity contribution >= 4 is 11.0 Å². The van der Waals surface area contributed by atoms with Gasteiger partial charge in [-0.2, -0.15) is 5.10 Å². The molecule has 4 rings (SSSR count). The first-order chi connectivity index (χ1) is 11.8. The van der Waals surface area contributed by atoms with Gasteiger partial charge in [0.25, 0.3) is 0 Å². The number of para-hydroxylation sites is 1. The molecule has 0 unspecified atom stereocenters. The quantitative estimate of drug-likeness (QED) is 0.566. The largest absolute Gasteiger partial charge is 0.298 e. The molecule has 4 aromatic rings. The van der Waals surface area contributed by atoms with Crippen LogP contribution in [-0.4, -0.2) is 32.0 Å². The maximum atomic E-state index is 4.83. The second-order valence-corrected chi connectivity index (χ2v) is 5.85. The van der Waals surface area contributed by atoms with Crippen LogP contribution >= 0.6 is 0 Å². The fourth-order valence-corrected chi connectivity index (χ4v) is 2.81. The lowest BCUT2D eigenvalue weighted by atomic mass is 10.1. The van der Waals surface area contributed by atoms with Gasteiger partial charge in [-0.3, -0.25) is 4.90 Å². The summed E-state index contributed by atoms with van der Waals surface area (Å²) in [5.41, 5.74) is 4.94. The highest BCUT2D eigenvalue weighted by molar-refractivity contribution is 5.76. The van der Waals surface area contributed by atoms with Crippen LogP contribution in [0.4, 0.5) is 0 Å². The highest BCUT2D eigenvalue weighted by Crippen LogP contribution is 2.17. The van der Waals surface area contributed by atoms with Gasteiger partial charge in [-0.25, -0.2) is 9.31 Å². The predicted molar refractivity (Wildman–Crippen MR) is 90.5 cm³/mol. The standard InChI is InChI=1S/C18H17N5O/c1-22(13-15-6-5-9-17-18(15)21-24-20-17)11-14-10-19-23(12-14)16-7-3-2-4-8-16/h2-10,12H,11,13H2,1H3. The van der Waals surface area contributed by atoms with E-state index >= 15 is 0 Å². The van der Waals surface area contributed by atoms with Gasteiger partial charge in [0.1, 0.15) is 11.0 Å². The molecule has 24 heavy (non-hydrogen) atoms. The van der Waals surface area contributed by atoms with Crippen LogP contribution in [0.15, 0.2) is 65.6 Å². The Bertz CT molecular complexity index is 944. The summed E-state index contributed by atoms with van der Waals surface area (Å²) in [5.74, 6) is 0. The van der Waals surface area contributed by atoms with Gasteiger partial charge in [-0.15, -0.1) is 0 Å². The molecule has 0 saturated heterocycles. The first kappa shape index (κ1) is 14.6. The van der Waals surface area contributed by atoms with Crippen LogP contribution in [0.3, 0.4) is 0 Å². The summed E-state index contributed by atoms with van der Waals surface area (Å²) in [4.78, 5) is 2.22. The fourth-order valence-electron chi connectivity index (χ4n) is 2.81. The summed E-state index contributed by atoms with van der Waals surface area (Å²) in [6.07, 6.45) is 3.96. The minimum atomic E-state index is 0.766. The lowest BCUT2D eigenvalue weighted by Gasteiger charge is -2.15. The molecule has 2 aromatic carbocycles. The van der Waals surface area contributed by atoms with Gasteiger partial charge in [0.2, 0.25) is 0 Å². The molecule has 0 spiro atoms. The van der Waals surface area contributed by atoms with E-state index in [1.807, 2.05) is 53.3 Å². The molecule has 0 amide bonds. The first-order valence-corrected chi connectivity index (χ1v) is 7.77. The normalized spacial score (nSPS) is 11.4. The topological polar surface area (TPSA) is 60.0 Å². The van der Waals surface area contributed by atoms with E-state index in [0.717, 1.165) is 40.9 Å². The lowest BCUT2D eigenvalue weighted by molar-refractivity contribution is 0.310. The Morgan fingerprint density at radius 3 is 2.75 bits per heavy atom. The van der Waals surface area contributed by atoms with E-state index in [1.165, 1.54) is 0 Å². The third kappa shape index (κ3) is 2.91. The average Bonchev–Trinajstić information content (AvgIpc) is 3.25. The number of nitrogens with zero attached hydrogens (tertiary/aromatic N) is 5. The van der Waals surface area contributed by atoms with Crippen LogP contribution in [-0.2, 0) is 13.1 Å². The summed E-state index contributed by atoms with van der Waals surface area (Å²) in [6, 6.07) is 16.0. The maximum Gasteiger partial charge on any atom is 0.139 e. The Labute approximate surface area is 139 Å². The molecule has 0 aliphatic rings. The van der Waals surface area contributed by atoms with Crippen molar-refractivity contribution in [2.45, 2.75) is 13.1 Å². The van der Waals surface area contributed by atoms with E-state index in [4.69, 9.17) is 4.63 Å². The van der Waals surface area contributed by atoms with Crippen LogP contribution in [0.2, 0.25) is 0 Å². The summed E-state index contributed by atoms with van der Waals surface area (Å²) in [6.45, 7) is 1.57. The molecule has 0 radical (unpaired) electrons. The summed E-state index contributed by atoms with van der Waals surface area (Å²) < 4.78 is 6.72. The van der Waals surface area contributed by atoms with E-state index in [2.05, 4.69) is 39.6 Å². The Morgan fingerprint density at radius 2 is 1.88 bits per heavy atom. The minimum Gasteiger partial charge on any atom is -0.298 e. The SMILES string of the molecule is CN(Cc1cnn(-c2ccccc2)c1)Cc1cccc2nonc12. The number of hydrogen-bond acceptors (Lipinski definition) is 5. The van der Waals surface area contributed by atoms with Crippen LogP contribution in [0.25, 0.3) is 16.7 Å². The molecule has 6 nitrogen and oxygen atoms in total. The molecule has 6 heteroatoms. The molecule has 0 aliphatic heterocycles. The zero-order valence-corrected chi connectivity index (χ0v) is 13.3. The highest BCUT2D eigenvalue weighted by Gasteiger charge is 2.10. The molecule has 0 saturated carbocycles. The van der Waals surface area contributed by atoms with Gasteiger partial charge >= 0.3 is 0 Å². The van der Waals surface area contributed by atoms with Gasteiger partial charge in [0.05, 0.1) is 11.9 Å². The van der Waals surface area contributed by atoms with Crippen LogP contribution in [0, 0.1) is 0 Å². The van der Waals surface area contributed by atoms with E-state index in [9.17, 15) is 0 Å². The smallest absolute Gasteiger partial charge is 0.139 e. The number of fused-ring (bicyclic) bond motifs is 1. The average molecular weight is 319 g/mol. The van der Waals surface area contributed by atoms with Crippen molar-refractivity contribution in [2.75, 3.05) is 7.05 Å². The number of aromatic nitrogens is 4. The van der Waals surface area contributed by atoms with E-state index in [-0.39, 0.29) is 0 Å². The van der Waals surface area contributed by atoms with Crippen molar-refractivity contribution in [3.8, 4) is 5.69 Å². The van der Waals surface area contributed by atoms with Crippen molar-refractivity contribution < 1.29 is 4.63 Å². The monoisotopic (exact) mass is 319 g/mol. The van der Waals surface area contributed by atoms with E-state index < -0.39 is 0 Å². The van der Waals surface area contributed by atoms with Gasteiger partial charge in [0.15, 0.2) is 0 Å². The molecule has 0 atom stereocenters. The molecular weight excluding hydrogens is 302 g/mol. The maximum absolute atomic E-state index is 4.83. The summed E-state index contributed by atoms with van der Waals surface area (Å²) >= 11 is 0. The van der Waals surface area contributed by atoms with Gasteiger partial charge < -0.3 is 0 Å². The van der Waals surface area contributed by atoms with Crippen molar-refractivity contribution in [2.24, 2.45) is 0 Å². The van der Waals surface area contributed by atoms with E-state index in [1.54, 1.807) is 0 Å². The van der Waals surface area contributed by atoms with Gasteiger partial charge in [0, 0.05) is 24.8 Å². The molecule has 0 N–H and O–H groups in total. The number of hydrogen-bond donors (Lipinski definition) is 0. The van der Waals surface area contributed by atoms with Crippen molar-refractivity contribution in [3.05, 3.63) is 72.1 Å². The second-order valence-electron chi connectivity index (χ2n) is 5.85. The third-order valence-electron chi connectivity index (χ3n) is 3.92. The van der Waals surface area contributed by atoms with Crippen LogP contribution < -0.4 is 0 Å². The molecule has 0 aliphatic carbocycles. The summed E-state index contributed by atoms with van der Waals surface area (Å²) in [7, 11) is 2.08. The Balaban J connectivity index is 1.48. The van der Waals surface area contributed by atoms with Crippen molar-refractivity contribution in [1.29, 1.82) is 0 Å². The molecule has 2 heterocycles. The molecule has 0 fully saturated rings.